The lowest BCUT2D eigenvalue weighted by molar-refractivity contribution is -0.171. The third kappa shape index (κ3) is 3.54. The first-order valence-corrected chi connectivity index (χ1v) is 10.1. The van der Waals surface area contributed by atoms with Gasteiger partial charge in [-0.2, -0.15) is 0 Å². The summed E-state index contributed by atoms with van der Waals surface area (Å²) in [4.78, 5) is 25.0. The molecule has 2 unspecified atom stereocenters. The van der Waals surface area contributed by atoms with Crippen LogP contribution in [-0.2, 0) is 14.3 Å². The maximum absolute atomic E-state index is 12.9. The molecule has 1 aromatic carbocycles. The van der Waals surface area contributed by atoms with Crippen LogP contribution in [0.5, 0.6) is 11.5 Å². The highest BCUT2D eigenvalue weighted by Gasteiger charge is 2.60. The van der Waals surface area contributed by atoms with E-state index in [-0.39, 0.29) is 17.5 Å². The molecule has 0 aromatic heterocycles. The molecule has 0 radical (unpaired) electrons. The minimum atomic E-state index is -0.514. The highest BCUT2D eigenvalue weighted by molar-refractivity contribution is 6.24. The summed E-state index contributed by atoms with van der Waals surface area (Å²) in [6.45, 7) is -0.328. The van der Waals surface area contributed by atoms with Crippen LogP contribution < -0.4 is 14.8 Å². The first-order chi connectivity index (χ1) is 13.3. The first-order valence-electron chi connectivity index (χ1n) is 9.73. The smallest absolute Gasteiger partial charge is 0.312 e. The molecule has 152 valence electrons. The van der Waals surface area contributed by atoms with Crippen molar-refractivity contribution >= 4 is 29.2 Å². The van der Waals surface area contributed by atoms with Crippen molar-refractivity contribution in [2.45, 2.75) is 43.4 Å². The van der Waals surface area contributed by atoms with Crippen molar-refractivity contribution in [3.63, 3.8) is 0 Å². The van der Waals surface area contributed by atoms with Crippen LogP contribution >= 0.6 is 11.6 Å². The van der Waals surface area contributed by atoms with Gasteiger partial charge in [0, 0.05) is 10.9 Å². The second-order valence-electron chi connectivity index (χ2n) is 8.58. The Kier molecular flexibility index (Phi) is 4.94. The fourth-order valence-corrected chi connectivity index (χ4v) is 6.46. The molecule has 1 N–H and O–H groups in total. The van der Waals surface area contributed by atoms with Crippen LogP contribution in [0, 0.1) is 17.3 Å². The number of nitrogens with one attached hydrogen (secondary N) is 1. The summed E-state index contributed by atoms with van der Waals surface area (Å²) >= 11 is 6.78. The molecule has 4 saturated carbocycles. The number of carbonyl (C=O) groups excluding carboxylic acids is 2. The van der Waals surface area contributed by atoms with Gasteiger partial charge in [-0.25, -0.2) is 0 Å². The number of esters is 1. The summed E-state index contributed by atoms with van der Waals surface area (Å²) in [6, 6.07) is 5.11. The maximum atomic E-state index is 12.9. The molecule has 4 aliphatic rings. The molecular weight excluding hydrogens is 382 g/mol. The normalized spacial score (nSPS) is 32.7. The Morgan fingerprint density at radius 2 is 1.86 bits per heavy atom. The molecule has 0 aliphatic heterocycles. The minimum Gasteiger partial charge on any atom is -0.497 e. The van der Waals surface area contributed by atoms with Gasteiger partial charge in [0.15, 0.2) is 6.61 Å². The molecule has 4 bridgehead atoms. The molecule has 28 heavy (non-hydrogen) atoms. The van der Waals surface area contributed by atoms with Gasteiger partial charge < -0.3 is 19.5 Å². The number of alkyl halides is 1. The van der Waals surface area contributed by atoms with Crippen molar-refractivity contribution < 1.29 is 23.8 Å². The summed E-state index contributed by atoms with van der Waals surface area (Å²) in [5.74, 6) is 1.41. The summed E-state index contributed by atoms with van der Waals surface area (Å²) in [5, 5.41) is 2.73. The summed E-state index contributed by atoms with van der Waals surface area (Å²) in [5.41, 5.74) is -0.0443. The van der Waals surface area contributed by atoms with E-state index in [4.69, 9.17) is 25.8 Å². The zero-order valence-electron chi connectivity index (χ0n) is 16.3. The van der Waals surface area contributed by atoms with Crippen molar-refractivity contribution in [2.24, 2.45) is 17.3 Å². The molecule has 0 heterocycles. The number of hydrogen-bond donors (Lipinski definition) is 1. The van der Waals surface area contributed by atoms with Crippen LogP contribution in [0.1, 0.15) is 38.5 Å². The van der Waals surface area contributed by atoms with E-state index in [1.54, 1.807) is 25.3 Å². The van der Waals surface area contributed by atoms with Crippen molar-refractivity contribution in [2.75, 3.05) is 26.1 Å². The largest absolute Gasteiger partial charge is 0.497 e. The number of halogens is 1. The number of carbonyl (C=O) groups is 2. The van der Waals surface area contributed by atoms with Gasteiger partial charge in [-0.05, 0) is 62.5 Å². The second kappa shape index (κ2) is 7.14. The summed E-state index contributed by atoms with van der Waals surface area (Å²) < 4.78 is 15.9. The molecule has 1 amide bonds. The Morgan fingerprint density at radius 3 is 2.46 bits per heavy atom. The Hall–Kier alpha value is -1.95. The Balaban J connectivity index is 1.38. The van der Waals surface area contributed by atoms with Crippen molar-refractivity contribution in [1.29, 1.82) is 0 Å². The quantitative estimate of drug-likeness (QED) is 0.574. The van der Waals surface area contributed by atoms with Gasteiger partial charge in [0.1, 0.15) is 11.5 Å². The average Bonchev–Trinajstić information content (AvgIpc) is 2.64. The number of amides is 1. The van der Waals surface area contributed by atoms with E-state index in [0.29, 0.717) is 35.4 Å². The third-order valence-electron chi connectivity index (χ3n) is 6.44. The molecule has 6 nitrogen and oxygen atoms in total. The van der Waals surface area contributed by atoms with Gasteiger partial charge in [0.25, 0.3) is 5.91 Å². The standard InChI is InChI=1S/C21H26ClNO5/c1-26-15-3-4-17(27-2)16(6-15)23-18(24)11-28-19(25)20-7-13-5-14(8-20)10-21(22,9-13)12-20/h3-4,6,13-14H,5,7-12H2,1-2H3,(H,23,24)/t13-,14+,20?,21?. The molecule has 0 spiro atoms. The molecule has 4 fully saturated rings. The van der Waals surface area contributed by atoms with Crippen LogP contribution in [0.25, 0.3) is 0 Å². The van der Waals surface area contributed by atoms with E-state index in [1.807, 2.05) is 0 Å². The van der Waals surface area contributed by atoms with Crippen molar-refractivity contribution in [3.8, 4) is 11.5 Å². The topological polar surface area (TPSA) is 73.9 Å². The van der Waals surface area contributed by atoms with Gasteiger partial charge >= 0.3 is 5.97 Å². The first kappa shape index (κ1) is 19.4. The lowest BCUT2D eigenvalue weighted by Gasteiger charge is -2.58. The van der Waals surface area contributed by atoms with Crippen molar-refractivity contribution in [1.82, 2.24) is 0 Å². The fourth-order valence-electron chi connectivity index (χ4n) is 5.77. The van der Waals surface area contributed by atoms with Crippen LogP contribution in [0.15, 0.2) is 18.2 Å². The number of anilines is 1. The van der Waals surface area contributed by atoms with Gasteiger partial charge in [0.2, 0.25) is 0 Å². The van der Waals surface area contributed by atoms with Crippen molar-refractivity contribution in [3.05, 3.63) is 18.2 Å². The van der Waals surface area contributed by atoms with Gasteiger partial charge in [0.05, 0.1) is 25.3 Å². The lowest BCUT2D eigenvalue weighted by Crippen LogP contribution is -2.56. The third-order valence-corrected chi connectivity index (χ3v) is 6.88. The van der Waals surface area contributed by atoms with Gasteiger partial charge in [-0.3, -0.25) is 9.59 Å². The molecule has 4 atom stereocenters. The number of rotatable bonds is 6. The molecular formula is C21H26ClNO5. The monoisotopic (exact) mass is 407 g/mol. The Labute approximate surface area is 169 Å². The lowest BCUT2D eigenvalue weighted by atomic mass is 9.49. The molecule has 1 aromatic rings. The molecule has 4 aliphatic carbocycles. The van der Waals surface area contributed by atoms with E-state index < -0.39 is 11.3 Å². The zero-order chi connectivity index (χ0) is 19.9. The van der Waals surface area contributed by atoms with E-state index in [0.717, 1.165) is 25.7 Å². The predicted octanol–water partition coefficient (Wildman–Crippen LogP) is 3.76. The summed E-state index contributed by atoms with van der Waals surface area (Å²) in [6.07, 6.45) is 5.50. The van der Waals surface area contributed by atoms with E-state index >= 15 is 0 Å². The van der Waals surface area contributed by atoms with Crippen LogP contribution in [-0.4, -0.2) is 37.6 Å². The highest BCUT2D eigenvalue weighted by Crippen LogP contribution is 2.64. The number of ether oxygens (including phenoxy) is 3. The van der Waals surface area contributed by atoms with E-state index in [2.05, 4.69) is 5.32 Å². The number of methoxy groups -OCH3 is 2. The maximum Gasteiger partial charge on any atom is 0.312 e. The Morgan fingerprint density at radius 1 is 1.14 bits per heavy atom. The SMILES string of the molecule is COc1ccc(OC)c(NC(=O)COC(=O)C23C[C@@H]4C[C@@H](CC(Cl)(C4)C2)C3)c1. The fraction of sp³-hybridized carbons (Fsp3) is 0.619. The molecule has 7 heteroatoms. The number of benzene rings is 1. The van der Waals surface area contributed by atoms with Gasteiger partial charge in [-0.15, -0.1) is 11.6 Å². The van der Waals surface area contributed by atoms with Crippen LogP contribution in [0.3, 0.4) is 0 Å². The van der Waals surface area contributed by atoms with Gasteiger partial charge in [-0.1, -0.05) is 0 Å². The summed E-state index contributed by atoms with van der Waals surface area (Å²) in [7, 11) is 3.07. The molecule has 5 rings (SSSR count). The van der Waals surface area contributed by atoms with Crippen LogP contribution in [0.4, 0.5) is 5.69 Å². The molecule has 0 saturated heterocycles. The van der Waals surface area contributed by atoms with E-state index in [1.165, 1.54) is 13.5 Å². The Bertz CT molecular complexity index is 781. The number of hydrogen-bond acceptors (Lipinski definition) is 5. The zero-order valence-corrected chi connectivity index (χ0v) is 17.0. The van der Waals surface area contributed by atoms with E-state index in [9.17, 15) is 9.59 Å². The predicted molar refractivity (Wildman–Crippen MR) is 105 cm³/mol. The van der Waals surface area contributed by atoms with Crippen LogP contribution in [0.2, 0.25) is 0 Å². The second-order valence-corrected chi connectivity index (χ2v) is 9.38. The average molecular weight is 408 g/mol. The highest BCUT2D eigenvalue weighted by atomic mass is 35.5. The minimum absolute atomic E-state index is 0.265.